The molecule has 132 valence electrons. The molecule has 0 saturated carbocycles. The Labute approximate surface area is 148 Å². The van der Waals surface area contributed by atoms with Crippen molar-refractivity contribution in [2.75, 3.05) is 18.5 Å². The molecule has 25 heavy (non-hydrogen) atoms. The Morgan fingerprint density at radius 3 is 2.84 bits per heavy atom. The normalized spacial score (nSPS) is 13.0. The second-order valence-electron chi connectivity index (χ2n) is 6.95. The van der Waals surface area contributed by atoms with E-state index in [9.17, 15) is 4.79 Å². The lowest BCUT2D eigenvalue weighted by Crippen LogP contribution is -2.39. The number of amides is 1. The van der Waals surface area contributed by atoms with Crippen LogP contribution in [-0.2, 0) is 17.6 Å². The minimum atomic E-state index is -0.00177. The molecule has 1 amide bonds. The van der Waals surface area contributed by atoms with Crippen molar-refractivity contribution in [2.24, 2.45) is 0 Å². The first-order chi connectivity index (χ1) is 11.9. The van der Waals surface area contributed by atoms with Gasteiger partial charge in [0.1, 0.15) is 11.5 Å². The number of nitrogens with one attached hydrogen (secondary N) is 1. The lowest BCUT2D eigenvalue weighted by Gasteiger charge is -2.22. The average Bonchev–Trinajstić information content (AvgIpc) is 3.01. The molecule has 1 N–H and O–H groups in total. The maximum Gasteiger partial charge on any atom is 0.239 e. The van der Waals surface area contributed by atoms with Crippen LogP contribution in [0.25, 0.3) is 11.5 Å². The van der Waals surface area contributed by atoms with Crippen LogP contribution in [0.3, 0.4) is 0 Å². The van der Waals surface area contributed by atoms with Gasteiger partial charge in [0, 0.05) is 30.5 Å². The van der Waals surface area contributed by atoms with Crippen LogP contribution in [0.4, 0.5) is 5.82 Å². The van der Waals surface area contributed by atoms with E-state index in [-0.39, 0.29) is 18.5 Å². The van der Waals surface area contributed by atoms with Gasteiger partial charge in [0.25, 0.3) is 0 Å². The highest BCUT2D eigenvalue weighted by Gasteiger charge is 2.23. The Morgan fingerprint density at radius 2 is 2.12 bits per heavy atom. The molecule has 0 unspecified atom stereocenters. The molecule has 3 rings (SSSR count). The molecule has 0 aliphatic heterocycles. The van der Waals surface area contributed by atoms with E-state index in [1.165, 1.54) is 0 Å². The summed E-state index contributed by atoms with van der Waals surface area (Å²) in [5.74, 6) is 1.48. The molecular formula is C19H25N5O. The van der Waals surface area contributed by atoms with Crippen LogP contribution in [0.5, 0.6) is 0 Å². The summed E-state index contributed by atoms with van der Waals surface area (Å²) in [6.07, 6.45) is 4.77. The highest BCUT2D eigenvalue weighted by molar-refractivity contribution is 5.81. The fourth-order valence-electron chi connectivity index (χ4n) is 3.16. The molecule has 2 aromatic heterocycles. The Morgan fingerprint density at radius 1 is 1.32 bits per heavy atom. The Kier molecular flexibility index (Phi) is 4.97. The zero-order valence-corrected chi connectivity index (χ0v) is 15.3. The van der Waals surface area contributed by atoms with Crippen LogP contribution < -0.4 is 10.2 Å². The third kappa shape index (κ3) is 3.95. The quantitative estimate of drug-likeness (QED) is 0.905. The largest absolute Gasteiger partial charge is 0.352 e. The fourth-order valence-corrected chi connectivity index (χ4v) is 3.16. The van der Waals surface area contributed by atoms with Crippen molar-refractivity contribution < 1.29 is 4.79 Å². The van der Waals surface area contributed by atoms with Crippen LogP contribution in [0.1, 0.15) is 37.1 Å². The number of likely N-dealkylation sites (N-methyl/N-ethyl adjacent to an activating group) is 1. The molecule has 6 nitrogen and oxygen atoms in total. The topological polar surface area (TPSA) is 71.0 Å². The third-order valence-corrected chi connectivity index (χ3v) is 4.25. The third-order valence-electron chi connectivity index (χ3n) is 4.25. The van der Waals surface area contributed by atoms with Gasteiger partial charge in [0.15, 0.2) is 5.82 Å². The summed E-state index contributed by atoms with van der Waals surface area (Å²) in [5, 5.41) is 2.93. The first kappa shape index (κ1) is 17.3. The van der Waals surface area contributed by atoms with E-state index < -0.39 is 0 Å². The summed E-state index contributed by atoms with van der Waals surface area (Å²) in [7, 11) is 1.91. The Balaban J connectivity index is 1.94. The van der Waals surface area contributed by atoms with Crippen molar-refractivity contribution in [3.63, 3.8) is 0 Å². The standard InChI is InChI=1S/C19H25N5O/c1-12(2)21-17(25)11-24(4)19-14-6-5-7-15(14)22-18(23-19)16-10-13(3)8-9-20-16/h8-10,12H,5-7,11H2,1-4H3,(H,21,25). The molecule has 0 aromatic carbocycles. The minimum absolute atomic E-state index is 0.00177. The maximum absolute atomic E-state index is 12.1. The van der Waals surface area contributed by atoms with Gasteiger partial charge < -0.3 is 10.2 Å². The zero-order chi connectivity index (χ0) is 18.0. The van der Waals surface area contributed by atoms with Gasteiger partial charge in [-0.25, -0.2) is 9.97 Å². The smallest absolute Gasteiger partial charge is 0.239 e. The second-order valence-corrected chi connectivity index (χ2v) is 6.95. The number of pyridine rings is 1. The highest BCUT2D eigenvalue weighted by atomic mass is 16.2. The van der Waals surface area contributed by atoms with Crippen molar-refractivity contribution in [1.29, 1.82) is 0 Å². The predicted molar refractivity (Wildman–Crippen MR) is 98.6 cm³/mol. The molecule has 6 heteroatoms. The predicted octanol–water partition coefficient (Wildman–Crippen LogP) is 2.30. The molecule has 2 aromatic rings. The SMILES string of the molecule is Cc1ccnc(-c2nc3c(c(N(C)CC(=O)NC(C)C)n2)CCC3)c1. The molecular weight excluding hydrogens is 314 g/mol. The van der Waals surface area contributed by atoms with Crippen molar-refractivity contribution in [2.45, 2.75) is 46.1 Å². The van der Waals surface area contributed by atoms with E-state index in [4.69, 9.17) is 9.97 Å². The molecule has 0 spiro atoms. The summed E-state index contributed by atoms with van der Waals surface area (Å²) in [5.41, 5.74) is 4.15. The summed E-state index contributed by atoms with van der Waals surface area (Å²) >= 11 is 0. The van der Waals surface area contributed by atoms with E-state index in [1.54, 1.807) is 6.20 Å². The number of carbonyl (C=O) groups is 1. The number of aromatic nitrogens is 3. The number of fused-ring (bicyclic) bond motifs is 1. The van der Waals surface area contributed by atoms with Gasteiger partial charge in [0.05, 0.1) is 6.54 Å². The maximum atomic E-state index is 12.1. The number of nitrogens with zero attached hydrogens (tertiary/aromatic N) is 4. The van der Waals surface area contributed by atoms with Crippen LogP contribution in [0, 0.1) is 6.92 Å². The van der Waals surface area contributed by atoms with Gasteiger partial charge in [-0.15, -0.1) is 0 Å². The van der Waals surface area contributed by atoms with Crippen molar-refractivity contribution in [1.82, 2.24) is 20.3 Å². The van der Waals surface area contributed by atoms with Crippen LogP contribution in [0.15, 0.2) is 18.3 Å². The summed E-state index contributed by atoms with van der Waals surface area (Å²) in [4.78, 5) is 28.0. The Hall–Kier alpha value is -2.50. The number of anilines is 1. The van der Waals surface area contributed by atoms with Crippen LogP contribution >= 0.6 is 0 Å². The fraction of sp³-hybridized carbons (Fsp3) is 0.474. The molecule has 0 fully saturated rings. The number of carbonyl (C=O) groups excluding carboxylic acids is 1. The van der Waals surface area contributed by atoms with E-state index in [0.29, 0.717) is 5.82 Å². The van der Waals surface area contributed by atoms with Crippen LogP contribution in [-0.4, -0.2) is 40.5 Å². The first-order valence-electron chi connectivity index (χ1n) is 8.77. The second kappa shape index (κ2) is 7.17. The lowest BCUT2D eigenvalue weighted by molar-refractivity contribution is -0.120. The van der Waals surface area contributed by atoms with Crippen molar-refractivity contribution in [3.8, 4) is 11.5 Å². The van der Waals surface area contributed by atoms with E-state index >= 15 is 0 Å². The van der Waals surface area contributed by atoms with Gasteiger partial charge >= 0.3 is 0 Å². The Bertz CT molecular complexity index is 787. The molecule has 2 heterocycles. The van der Waals surface area contributed by atoms with Crippen LogP contribution in [0.2, 0.25) is 0 Å². The summed E-state index contributed by atoms with van der Waals surface area (Å²) < 4.78 is 0. The molecule has 0 radical (unpaired) electrons. The minimum Gasteiger partial charge on any atom is -0.352 e. The van der Waals surface area contributed by atoms with Crippen molar-refractivity contribution >= 4 is 11.7 Å². The zero-order valence-electron chi connectivity index (χ0n) is 15.3. The number of hydrogen-bond donors (Lipinski definition) is 1. The first-order valence-corrected chi connectivity index (χ1v) is 8.77. The number of rotatable bonds is 5. The number of aryl methyl sites for hydroxylation is 2. The average molecular weight is 339 g/mol. The van der Waals surface area contributed by atoms with E-state index in [2.05, 4.69) is 10.3 Å². The molecule has 1 aliphatic carbocycles. The molecule has 0 atom stereocenters. The van der Waals surface area contributed by atoms with Gasteiger partial charge in [-0.3, -0.25) is 9.78 Å². The molecule has 0 saturated heterocycles. The van der Waals surface area contributed by atoms with Gasteiger partial charge in [-0.2, -0.15) is 0 Å². The summed E-state index contributed by atoms with van der Waals surface area (Å²) in [6.45, 7) is 6.23. The molecule has 0 bridgehead atoms. The summed E-state index contributed by atoms with van der Waals surface area (Å²) in [6, 6.07) is 4.08. The monoisotopic (exact) mass is 339 g/mol. The van der Waals surface area contributed by atoms with Gasteiger partial charge in [-0.05, 0) is 57.7 Å². The van der Waals surface area contributed by atoms with E-state index in [0.717, 1.165) is 47.6 Å². The number of hydrogen-bond acceptors (Lipinski definition) is 5. The van der Waals surface area contributed by atoms with E-state index in [1.807, 2.05) is 44.9 Å². The van der Waals surface area contributed by atoms with Gasteiger partial charge in [-0.1, -0.05) is 0 Å². The van der Waals surface area contributed by atoms with Crippen molar-refractivity contribution in [3.05, 3.63) is 35.2 Å². The molecule has 1 aliphatic rings. The lowest BCUT2D eigenvalue weighted by atomic mass is 10.2. The highest BCUT2D eigenvalue weighted by Crippen LogP contribution is 2.30. The van der Waals surface area contributed by atoms with Gasteiger partial charge in [0.2, 0.25) is 5.91 Å².